The van der Waals surface area contributed by atoms with Crippen molar-refractivity contribution in [3.05, 3.63) is 24.3 Å². The van der Waals surface area contributed by atoms with Gasteiger partial charge in [-0.25, -0.2) is 4.79 Å². The topological polar surface area (TPSA) is 74.1 Å². The average Bonchev–Trinajstić information content (AvgIpc) is 2.67. The molecule has 0 saturated carbocycles. The number of nitrogens with two attached hydrogens (primary N) is 1. The Morgan fingerprint density at radius 1 is 1.00 bits per heavy atom. The van der Waals surface area contributed by atoms with Crippen LogP contribution in [0.15, 0.2) is 24.3 Å². The number of anilines is 2. The molecule has 0 radical (unpaired) electrons. The van der Waals surface area contributed by atoms with E-state index in [1.807, 2.05) is 32.9 Å². The number of hydrogen-bond donors (Lipinski definition) is 2. The van der Waals surface area contributed by atoms with Gasteiger partial charge >= 0.3 is 6.09 Å². The molecule has 2 saturated heterocycles. The molecule has 1 aromatic carbocycles. The van der Waals surface area contributed by atoms with Crippen LogP contribution in [-0.2, 0) is 4.74 Å². The third-order valence-electron chi connectivity index (χ3n) is 5.67. The number of nitrogen functional groups attached to an aromatic ring is 1. The van der Waals surface area contributed by atoms with Gasteiger partial charge in [-0.15, -0.1) is 0 Å². The first-order valence-corrected chi connectivity index (χ1v) is 10.8. The lowest BCUT2D eigenvalue weighted by atomic mass is 10.1. The van der Waals surface area contributed by atoms with Crippen LogP contribution in [0.5, 0.6) is 0 Å². The molecular formula is C22H37N5O2. The second-order valence-electron chi connectivity index (χ2n) is 9.18. The highest BCUT2D eigenvalue weighted by molar-refractivity contribution is 5.68. The number of rotatable bonds is 5. The van der Waals surface area contributed by atoms with Gasteiger partial charge in [0.1, 0.15) is 5.60 Å². The summed E-state index contributed by atoms with van der Waals surface area (Å²) in [7, 11) is 0. The molecule has 7 heteroatoms. The first-order valence-electron chi connectivity index (χ1n) is 10.8. The van der Waals surface area contributed by atoms with E-state index in [2.05, 4.69) is 32.1 Å². The Kier molecular flexibility index (Phi) is 7.24. The summed E-state index contributed by atoms with van der Waals surface area (Å²) in [4.78, 5) is 19.4. The number of amides is 1. The van der Waals surface area contributed by atoms with E-state index < -0.39 is 5.60 Å². The second-order valence-corrected chi connectivity index (χ2v) is 9.18. The molecule has 3 N–H and O–H groups in total. The summed E-state index contributed by atoms with van der Waals surface area (Å²) in [5, 5.41) is 3.01. The fourth-order valence-electron chi connectivity index (χ4n) is 3.97. The van der Waals surface area contributed by atoms with Crippen LogP contribution in [0.3, 0.4) is 0 Å². The van der Waals surface area contributed by atoms with Gasteiger partial charge in [0.05, 0.1) is 0 Å². The van der Waals surface area contributed by atoms with Gasteiger partial charge in [0.15, 0.2) is 0 Å². The van der Waals surface area contributed by atoms with E-state index in [0.29, 0.717) is 0 Å². The maximum atomic E-state index is 11.9. The molecule has 1 aromatic rings. The van der Waals surface area contributed by atoms with Crippen LogP contribution in [0.25, 0.3) is 0 Å². The van der Waals surface area contributed by atoms with Crippen molar-refractivity contribution in [3.8, 4) is 0 Å². The number of hydrogen-bond acceptors (Lipinski definition) is 6. The van der Waals surface area contributed by atoms with Gasteiger partial charge in [-0.05, 0) is 57.9 Å². The Morgan fingerprint density at radius 2 is 1.55 bits per heavy atom. The first-order chi connectivity index (χ1) is 13.8. The highest BCUT2D eigenvalue weighted by atomic mass is 16.6. The molecule has 3 rings (SSSR count). The number of alkyl carbamates (subject to hydrolysis) is 1. The van der Waals surface area contributed by atoms with Gasteiger partial charge in [0.25, 0.3) is 0 Å². The third kappa shape index (κ3) is 7.08. The Labute approximate surface area is 175 Å². The van der Waals surface area contributed by atoms with Crippen molar-refractivity contribution in [2.24, 2.45) is 0 Å². The summed E-state index contributed by atoms with van der Waals surface area (Å²) >= 11 is 0. The Balaban J connectivity index is 1.31. The molecule has 0 spiro atoms. The molecule has 2 heterocycles. The molecule has 2 aliphatic heterocycles. The number of piperazine rings is 1. The summed E-state index contributed by atoms with van der Waals surface area (Å²) < 4.78 is 5.36. The Bertz CT molecular complexity index is 642. The molecule has 0 aliphatic carbocycles. The zero-order valence-corrected chi connectivity index (χ0v) is 18.2. The molecule has 7 nitrogen and oxygen atoms in total. The summed E-state index contributed by atoms with van der Waals surface area (Å²) in [6, 6.07) is 8.40. The second kappa shape index (κ2) is 9.67. The minimum Gasteiger partial charge on any atom is -0.444 e. The first kappa shape index (κ1) is 21.7. The van der Waals surface area contributed by atoms with Crippen LogP contribution in [0.4, 0.5) is 16.2 Å². The van der Waals surface area contributed by atoms with Gasteiger partial charge in [-0.3, -0.25) is 4.90 Å². The molecule has 0 atom stereocenters. The number of ether oxygens (including phenoxy) is 1. The highest BCUT2D eigenvalue weighted by Crippen LogP contribution is 2.18. The van der Waals surface area contributed by atoms with Crippen LogP contribution in [-0.4, -0.2) is 79.9 Å². The van der Waals surface area contributed by atoms with E-state index in [1.165, 1.54) is 5.69 Å². The van der Waals surface area contributed by atoms with Crippen LogP contribution >= 0.6 is 0 Å². The molecular weight excluding hydrogens is 366 g/mol. The van der Waals surface area contributed by atoms with Gasteiger partial charge in [0, 0.05) is 69.8 Å². The Hall–Kier alpha value is -1.99. The monoisotopic (exact) mass is 403 g/mol. The maximum Gasteiger partial charge on any atom is 0.407 e. The van der Waals surface area contributed by atoms with Crippen LogP contribution in [0, 0.1) is 0 Å². The van der Waals surface area contributed by atoms with E-state index in [9.17, 15) is 4.79 Å². The molecule has 162 valence electrons. The number of carbonyl (C=O) groups is 1. The summed E-state index contributed by atoms with van der Waals surface area (Å²) in [6.45, 7) is 14.3. The molecule has 2 fully saturated rings. The van der Waals surface area contributed by atoms with Gasteiger partial charge in [-0.1, -0.05) is 0 Å². The number of nitrogens with zero attached hydrogens (tertiary/aromatic N) is 3. The van der Waals surface area contributed by atoms with E-state index >= 15 is 0 Å². The fourth-order valence-corrected chi connectivity index (χ4v) is 3.97. The summed E-state index contributed by atoms with van der Waals surface area (Å²) in [6.07, 6.45) is 1.68. The molecule has 0 bridgehead atoms. The quantitative estimate of drug-likeness (QED) is 0.736. The van der Waals surface area contributed by atoms with Crippen molar-refractivity contribution in [3.63, 3.8) is 0 Å². The number of likely N-dealkylation sites (tertiary alicyclic amines) is 1. The van der Waals surface area contributed by atoms with Crippen molar-refractivity contribution < 1.29 is 9.53 Å². The third-order valence-corrected chi connectivity index (χ3v) is 5.67. The van der Waals surface area contributed by atoms with Crippen molar-refractivity contribution in [1.29, 1.82) is 0 Å². The highest BCUT2D eigenvalue weighted by Gasteiger charge is 2.24. The largest absolute Gasteiger partial charge is 0.444 e. The molecule has 0 aromatic heterocycles. The molecule has 1 amide bonds. The molecule has 29 heavy (non-hydrogen) atoms. The molecule has 2 aliphatic rings. The minimum absolute atomic E-state index is 0.226. The van der Waals surface area contributed by atoms with E-state index in [0.717, 1.165) is 70.9 Å². The van der Waals surface area contributed by atoms with E-state index in [4.69, 9.17) is 10.5 Å². The van der Waals surface area contributed by atoms with Crippen LogP contribution < -0.4 is 16.0 Å². The zero-order chi connectivity index (χ0) is 20.9. The lowest BCUT2D eigenvalue weighted by molar-refractivity contribution is 0.0477. The SMILES string of the molecule is CC(C)(C)OC(=O)NC1CCN(CCN2CCN(c3ccc(N)cc3)CC2)CC1. The minimum atomic E-state index is -0.442. The van der Waals surface area contributed by atoms with E-state index in [1.54, 1.807) is 0 Å². The number of nitrogens with one attached hydrogen (secondary N) is 1. The lowest BCUT2D eigenvalue weighted by Crippen LogP contribution is -2.50. The number of benzene rings is 1. The summed E-state index contributed by atoms with van der Waals surface area (Å²) in [5.74, 6) is 0. The van der Waals surface area contributed by atoms with Crippen molar-refractivity contribution in [2.75, 3.05) is 63.0 Å². The molecule has 0 unspecified atom stereocenters. The lowest BCUT2D eigenvalue weighted by Gasteiger charge is -2.38. The number of carbonyl (C=O) groups excluding carboxylic acids is 1. The Morgan fingerprint density at radius 3 is 2.10 bits per heavy atom. The van der Waals surface area contributed by atoms with Crippen LogP contribution in [0.1, 0.15) is 33.6 Å². The smallest absolute Gasteiger partial charge is 0.407 e. The fraction of sp³-hybridized carbons (Fsp3) is 0.682. The van der Waals surface area contributed by atoms with Crippen molar-refractivity contribution >= 4 is 17.5 Å². The standard InChI is InChI=1S/C22H37N5O2/c1-22(2,3)29-21(28)24-19-8-10-25(11-9-19)12-13-26-14-16-27(17-15-26)20-6-4-18(23)5-7-20/h4-7,19H,8-17,23H2,1-3H3,(H,24,28). The number of piperidine rings is 1. The normalized spacial score (nSPS) is 19.9. The van der Waals surface area contributed by atoms with Gasteiger partial charge in [-0.2, -0.15) is 0 Å². The van der Waals surface area contributed by atoms with Crippen molar-refractivity contribution in [2.45, 2.75) is 45.3 Å². The maximum absolute atomic E-state index is 11.9. The van der Waals surface area contributed by atoms with E-state index in [-0.39, 0.29) is 12.1 Å². The van der Waals surface area contributed by atoms with Gasteiger partial charge in [0.2, 0.25) is 0 Å². The van der Waals surface area contributed by atoms with Crippen LogP contribution in [0.2, 0.25) is 0 Å². The predicted octanol–water partition coefficient (Wildman–Crippen LogP) is 2.38. The van der Waals surface area contributed by atoms with Crippen molar-refractivity contribution in [1.82, 2.24) is 15.1 Å². The van der Waals surface area contributed by atoms with Gasteiger partial charge < -0.3 is 25.6 Å². The zero-order valence-electron chi connectivity index (χ0n) is 18.2. The summed E-state index contributed by atoms with van der Waals surface area (Å²) in [5.41, 5.74) is 7.42. The average molecular weight is 404 g/mol. The predicted molar refractivity (Wildman–Crippen MR) is 118 cm³/mol.